The first-order chi connectivity index (χ1) is 14.9. The summed E-state index contributed by atoms with van der Waals surface area (Å²) in [6.45, 7) is 1.32. The lowest BCUT2D eigenvalue weighted by Gasteiger charge is -2.15. The van der Waals surface area contributed by atoms with Gasteiger partial charge in [-0.25, -0.2) is 8.42 Å². The molecule has 2 amide bonds. The highest BCUT2D eigenvalue weighted by Crippen LogP contribution is 2.19. The number of amides is 2. The molecule has 2 aromatic carbocycles. The van der Waals surface area contributed by atoms with E-state index in [9.17, 15) is 31.2 Å². The molecular formula is C20H22F3N3O5S. The molecule has 0 aliphatic heterocycles. The molecule has 0 aromatic heterocycles. The topological polar surface area (TPSA) is 114 Å². The molecule has 0 heterocycles. The molecule has 3 N–H and O–H groups in total. The summed E-state index contributed by atoms with van der Waals surface area (Å²) >= 11 is 0. The molecule has 2 aromatic rings. The Morgan fingerprint density at radius 3 is 2.16 bits per heavy atom. The van der Waals surface area contributed by atoms with Gasteiger partial charge in [-0.15, -0.1) is 0 Å². The van der Waals surface area contributed by atoms with Crippen LogP contribution in [0.5, 0.6) is 5.75 Å². The van der Waals surface area contributed by atoms with E-state index in [2.05, 4.69) is 20.1 Å². The Hall–Kier alpha value is -3.12. The summed E-state index contributed by atoms with van der Waals surface area (Å²) in [6.07, 6.45) is -4.44. The van der Waals surface area contributed by atoms with Gasteiger partial charge in [0.2, 0.25) is 21.8 Å². The molecule has 2 rings (SSSR count). The summed E-state index contributed by atoms with van der Waals surface area (Å²) < 4.78 is 68.2. The number of nitrogens with one attached hydrogen (secondary N) is 3. The maximum absolute atomic E-state index is 12.5. The highest BCUT2D eigenvalue weighted by atomic mass is 32.2. The van der Waals surface area contributed by atoms with E-state index in [1.807, 2.05) is 0 Å². The number of ether oxygens (including phenoxy) is 1. The molecular weight excluding hydrogens is 451 g/mol. The van der Waals surface area contributed by atoms with E-state index in [0.29, 0.717) is 11.3 Å². The lowest BCUT2D eigenvalue weighted by molar-refractivity contribution is -0.153. The highest BCUT2D eigenvalue weighted by Gasteiger charge is 2.28. The second kappa shape index (κ2) is 10.5. The molecule has 0 fully saturated rings. The van der Waals surface area contributed by atoms with Gasteiger partial charge in [0, 0.05) is 19.2 Å². The summed E-state index contributed by atoms with van der Waals surface area (Å²) in [5.41, 5.74) is 1.01. The van der Waals surface area contributed by atoms with E-state index in [0.717, 1.165) is 0 Å². The number of carbonyl (C=O) groups excluding carboxylic acids is 2. The predicted octanol–water partition coefficient (Wildman–Crippen LogP) is 2.57. The molecule has 174 valence electrons. The quantitative estimate of drug-likeness (QED) is 0.518. The van der Waals surface area contributed by atoms with Crippen molar-refractivity contribution in [2.24, 2.45) is 0 Å². The number of hydrogen-bond acceptors (Lipinski definition) is 5. The Morgan fingerprint density at radius 1 is 1.03 bits per heavy atom. The van der Waals surface area contributed by atoms with Crippen LogP contribution in [0.3, 0.4) is 0 Å². The van der Waals surface area contributed by atoms with Crippen molar-refractivity contribution < 1.29 is 35.9 Å². The van der Waals surface area contributed by atoms with Crippen molar-refractivity contribution in [2.75, 3.05) is 11.9 Å². The summed E-state index contributed by atoms with van der Waals surface area (Å²) in [5.74, 6) is -0.864. The van der Waals surface area contributed by atoms with Gasteiger partial charge in [0.25, 0.3) is 0 Å². The average Bonchev–Trinajstić information content (AvgIpc) is 2.70. The number of anilines is 1. The van der Waals surface area contributed by atoms with Gasteiger partial charge in [-0.3, -0.25) is 9.59 Å². The Labute approximate surface area is 183 Å². The third-order valence-corrected chi connectivity index (χ3v) is 5.56. The Morgan fingerprint density at radius 2 is 1.62 bits per heavy atom. The normalized spacial score (nSPS) is 12.7. The maximum atomic E-state index is 12.5. The molecule has 32 heavy (non-hydrogen) atoms. The molecule has 0 saturated heterocycles. The summed E-state index contributed by atoms with van der Waals surface area (Å²) in [6, 6.07) is 9.97. The minimum Gasteiger partial charge on any atom is -0.484 e. The summed E-state index contributed by atoms with van der Waals surface area (Å²) in [5, 5.41) is 5.06. The van der Waals surface area contributed by atoms with Crippen LogP contribution in [0.15, 0.2) is 53.4 Å². The standard InChI is InChI=1S/C20H22F3N3O5S/c1-13(26-32(29,30)18-9-5-16(6-10-18)25-14(2)27)19(28)24-11-15-3-7-17(8-4-15)31-12-20(21,22)23/h3-10,13,26H,11-12H2,1-2H3,(H,24,28)(H,25,27)/t13-/m1/s1. The van der Waals surface area contributed by atoms with Crippen LogP contribution in [0.2, 0.25) is 0 Å². The molecule has 0 bridgehead atoms. The lowest BCUT2D eigenvalue weighted by Crippen LogP contribution is -2.44. The Balaban J connectivity index is 1.88. The SMILES string of the molecule is CC(=O)Nc1ccc(S(=O)(=O)N[C@H](C)C(=O)NCc2ccc(OCC(F)(F)F)cc2)cc1. The van der Waals surface area contributed by atoms with Crippen LogP contribution in [0.25, 0.3) is 0 Å². The summed E-state index contributed by atoms with van der Waals surface area (Å²) in [4.78, 5) is 23.2. The van der Waals surface area contributed by atoms with Crippen LogP contribution in [0.4, 0.5) is 18.9 Å². The molecule has 0 saturated carbocycles. The molecule has 0 spiro atoms. The third kappa shape index (κ3) is 8.19. The zero-order chi connectivity index (χ0) is 23.9. The molecule has 0 unspecified atom stereocenters. The van der Waals surface area contributed by atoms with Gasteiger partial charge in [0.15, 0.2) is 6.61 Å². The van der Waals surface area contributed by atoms with Gasteiger partial charge < -0.3 is 15.4 Å². The van der Waals surface area contributed by atoms with Gasteiger partial charge >= 0.3 is 6.18 Å². The van der Waals surface area contributed by atoms with Crippen LogP contribution in [0, 0.1) is 0 Å². The molecule has 1 atom stereocenters. The number of sulfonamides is 1. The number of carbonyl (C=O) groups is 2. The van der Waals surface area contributed by atoms with Gasteiger partial charge in [-0.1, -0.05) is 12.1 Å². The van der Waals surface area contributed by atoms with Crippen LogP contribution >= 0.6 is 0 Å². The van der Waals surface area contributed by atoms with Crippen molar-refractivity contribution in [3.05, 3.63) is 54.1 Å². The molecule has 0 radical (unpaired) electrons. The first kappa shape index (κ1) is 25.1. The monoisotopic (exact) mass is 473 g/mol. The minimum atomic E-state index is -4.44. The molecule has 12 heteroatoms. The van der Waals surface area contributed by atoms with Crippen LogP contribution in [-0.4, -0.2) is 39.1 Å². The van der Waals surface area contributed by atoms with E-state index in [4.69, 9.17) is 0 Å². The number of rotatable bonds is 9. The maximum Gasteiger partial charge on any atom is 0.422 e. The van der Waals surface area contributed by atoms with Crippen molar-refractivity contribution in [2.45, 2.75) is 37.5 Å². The van der Waals surface area contributed by atoms with E-state index >= 15 is 0 Å². The smallest absolute Gasteiger partial charge is 0.422 e. The molecule has 8 nitrogen and oxygen atoms in total. The lowest BCUT2D eigenvalue weighted by atomic mass is 10.2. The molecule has 0 aliphatic rings. The predicted molar refractivity (Wildman–Crippen MR) is 110 cm³/mol. The van der Waals surface area contributed by atoms with Gasteiger partial charge in [-0.05, 0) is 48.9 Å². The van der Waals surface area contributed by atoms with E-state index < -0.39 is 34.8 Å². The van der Waals surface area contributed by atoms with Crippen molar-refractivity contribution >= 4 is 27.5 Å². The van der Waals surface area contributed by atoms with Crippen LogP contribution in [0.1, 0.15) is 19.4 Å². The van der Waals surface area contributed by atoms with E-state index in [1.54, 1.807) is 0 Å². The first-order valence-corrected chi connectivity index (χ1v) is 10.8. The Bertz CT molecular complexity index is 1040. The number of alkyl halides is 3. The Kier molecular flexibility index (Phi) is 8.22. The van der Waals surface area contributed by atoms with Crippen molar-refractivity contribution in [3.63, 3.8) is 0 Å². The fourth-order valence-corrected chi connectivity index (χ4v) is 3.69. The highest BCUT2D eigenvalue weighted by molar-refractivity contribution is 7.89. The van der Waals surface area contributed by atoms with Gasteiger partial charge in [0.1, 0.15) is 5.75 Å². The fraction of sp³-hybridized carbons (Fsp3) is 0.300. The zero-order valence-electron chi connectivity index (χ0n) is 17.2. The number of benzene rings is 2. The van der Waals surface area contributed by atoms with Crippen LogP contribution < -0.4 is 20.1 Å². The molecule has 0 aliphatic carbocycles. The van der Waals surface area contributed by atoms with E-state index in [-0.39, 0.29) is 23.1 Å². The summed E-state index contributed by atoms with van der Waals surface area (Å²) in [7, 11) is -3.99. The van der Waals surface area contributed by atoms with Crippen molar-refractivity contribution in [3.8, 4) is 5.75 Å². The van der Waals surface area contributed by atoms with E-state index in [1.165, 1.54) is 62.4 Å². The van der Waals surface area contributed by atoms with Crippen molar-refractivity contribution in [1.29, 1.82) is 0 Å². The van der Waals surface area contributed by atoms with Gasteiger partial charge in [0.05, 0.1) is 10.9 Å². The second-order valence-corrected chi connectivity index (χ2v) is 8.53. The second-order valence-electron chi connectivity index (χ2n) is 6.81. The number of hydrogen-bond donors (Lipinski definition) is 3. The fourth-order valence-electron chi connectivity index (χ4n) is 2.49. The van der Waals surface area contributed by atoms with Gasteiger partial charge in [-0.2, -0.15) is 17.9 Å². The van der Waals surface area contributed by atoms with Crippen molar-refractivity contribution in [1.82, 2.24) is 10.0 Å². The van der Waals surface area contributed by atoms with Crippen LogP contribution in [-0.2, 0) is 26.2 Å². The average molecular weight is 473 g/mol. The minimum absolute atomic E-state index is 0.0306. The number of halogens is 3. The third-order valence-electron chi connectivity index (χ3n) is 4.00. The first-order valence-electron chi connectivity index (χ1n) is 9.32. The largest absolute Gasteiger partial charge is 0.484 e. The zero-order valence-corrected chi connectivity index (χ0v) is 18.0.